The maximum absolute atomic E-state index is 12.3. The maximum Gasteiger partial charge on any atom is 0.272 e. The largest absolute Gasteiger partial charge is 0.379 e. The van der Waals surface area contributed by atoms with Gasteiger partial charge in [-0.3, -0.25) is 5.32 Å². The van der Waals surface area contributed by atoms with Gasteiger partial charge in [0.25, 0.3) is 5.82 Å². The second kappa shape index (κ2) is 6.14. The van der Waals surface area contributed by atoms with Gasteiger partial charge in [-0.25, -0.2) is 13.4 Å². The van der Waals surface area contributed by atoms with Gasteiger partial charge in [-0.05, 0) is 6.07 Å². The first kappa shape index (κ1) is 14.0. The number of hydrogen-bond donors (Lipinski definition) is 1. The number of nitrogens with one attached hydrogen (secondary N) is 2. The number of H-pyrrole nitrogens is 1. The molecule has 1 aromatic rings. The van der Waals surface area contributed by atoms with Crippen molar-refractivity contribution in [3.63, 3.8) is 0 Å². The lowest BCUT2D eigenvalue weighted by molar-refractivity contribution is -0.364. The van der Waals surface area contributed by atoms with Crippen LogP contribution in [0.5, 0.6) is 0 Å². The summed E-state index contributed by atoms with van der Waals surface area (Å²) in [6.07, 6.45) is 3.22. The Bertz CT molecular complexity index is 522. The Morgan fingerprint density at radius 1 is 1.42 bits per heavy atom. The number of hydrogen-bond acceptors (Lipinski definition) is 4. The Balaban J connectivity index is 2.13. The van der Waals surface area contributed by atoms with Crippen LogP contribution >= 0.6 is 0 Å². The summed E-state index contributed by atoms with van der Waals surface area (Å²) in [4.78, 5) is 3.18. The first-order chi connectivity index (χ1) is 9.14. The minimum atomic E-state index is -3.43. The molecule has 0 spiro atoms. The molecule has 0 bridgehead atoms. The summed E-state index contributed by atoms with van der Waals surface area (Å²) in [5.74, 6) is 0.751. The van der Waals surface area contributed by atoms with Crippen molar-refractivity contribution in [2.45, 2.75) is 4.90 Å². The minimum Gasteiger partial charge on any atom is -0.379 e. The molecule has 6 nitrogen and oxygen atoms in total. The highest BCUT2D eigenvalue weighted by atomic mass is 32.2. The van der Waals surface area contributed by atoms with Crippen LogP contribution in [0.25, 0.3) is 0 Å². The molecule has 1 saturated heterocycles. The molecular formula is C12H18N3O3S+. The van der Waals surface area contributed by atoms with Crippen LogP contribution in [0.15, 0.2) is 35.9 Å². The molecule has 19 heavy (non-hydrogen) atoms. The fourth-order valence-corrected chi connectivity index (χ4v) is 3.17. The van der Waals surface area contributed by atoms with E-state index in [-0.39, 0.29) is 4.90 Å². The van der Waals surface area contributed by atoms with E-state index >= 15 is 0 Å². The zero-order valence-electron chi connectivity index (χ0n) is 10.6. The highest BCUT2D eigenvalue weighted by Gasteiger charge is 2.27. The van der Waals surface area contributed by atoms with Gasteiger partial charge in [-0.15, -0.1) is 0 Å². The van der Waals surface area contributed by atoms with Gasteiger partial charge in [0, 0.05) is 19.2 Å². The predicted octanol–water partition coefficient (Wildman–Crippen LogP) is 0.119. The highest BCUT2D eigenvalue weighted by molar-refractivity contribution is 7.89. The van der Waals surface area contributed by atoms with E-state index in [9.17, 15) is 8.42 Å². The first-order valence-corrected chi connectivity index (χ1v) is 7.53. The molecule has 0 saturated carbocycles. The number of nitrogens with zero attached hydrogens (tertiary/aromatic N) is 1. The second-order valence-corrected chi connectivity index (χ2v) is 6.06. The average Bonchev–Trinajstić information content (AvgIpc) is 2.46. The number of rotatable bonds is 5. The molecule has 1 aliphatic rings. The van der Waals surface area contributed by atoms with Crippen molar-refractivity contribution in [2.24, 2.45) is 0 Å². The van der Waals surface area contributed by atoms with Crippen LogP contribution in [0.4, 0.5) is 5.82 Å². The average molecular weight is 284 g/mol. The van der Waals surface area contributed by atoms with E-state index in [4.69, 9.17) is 4.74 Å². The molecular weight excluding hydrogens is 266 g/mol. The maximum atomic E-state index is 12.3. The number of pyridine rings is 1. The van der Waals surface area contributed by atoms with Gasteiger partial charge >= 0.3 is 0 Å². The Hall–Kier alpha value is -1.44. The number of ether oxygens (including phenoxy) is 1. The Kier molecular flexibility index (Phi) is 4.52. The van der Waals surface area contributed by atoms with Crippen molar-refractivity contribution in [1.82, 2.24) is 4.31 Å². The highest BCUT2D eigenvalue weighted by Crippen LogP contribution is 2.15. The van der Waals surface area contributed by atoms with E-state index in [1.807, 2.05) is 0 Å². The molecule has 104 valence electrons. The van der Waals surface area contributed by atoms with Gasteiger partial charge in [0.15, 0.2) is 0 Å². The van der Waals surface area contributed by atoms with Crippen molar-refractivity contribution in [2.75, 3.05) is 38.2 Å². The molecule has 0 atom stereocenters. The molecule has 0 aliphatic carbocycles. The third-order valence-electron chi connectivity index (χ3n) is 2.83. The van der Waals surface area contributed by atoms with Crippen molar-refractivity contribution in [1.29, 1.82) is 0 Å². The first-order valence-electron chi connectivity index (χ1n) is 6.09. The fourth-order valence-electron chi connectivity index (χ4n) is 1.80. The monoisotopic (exact) mass is 284 g/mol. The lowest BCUT2D eigenvalue weighted by Gasteiger charge is -2.25. The molecule has 0 radical (unpaired) electrons. The van der Waals surface area contributed by atoms with Gasteiger partial charge in [-0.2, -0.15) is 4.31 Å². The van der Waals surface area contributed by atoms with E-state index in [1.54, 1.807) is 18.2 Å². The fraction of sp³-hybridized carbons (Fsp3) is 0.417. The lowest BCUT2D eigenvalue weighted by atomic mass is 10.4. The number of aromatic nitrogens is 1. The van der Waals surface area contributed by atoms with Crippen molar-refractivity contribution in [3.8, 4) is 0 Å². The Labute approximate surface area is 113 Å². The van der Waals surface area contributed by atoms with E-state index in [1.165, 1.54) is 10.5 Å². The van der Waals surface area contributed by atoms with E-state index in [2.05, 4.69) is 16.9 Å². The third-order valence-corrected chi connectivity index (χ3v) is 4.72. The molecule has 2 heterocycles. The number of aromatic amines is 1. The molecule has 1 aromatic heterocycles. The van der Waals surface area contributed by atoms with Crippen LogP contribution in [0.3, 0.4) is 0 Å². The molecule has 1 aliphatic heterocycles. The standard InChI is InChI=1S/C12H17N3O3S/c1-2-5-13-12-4-3-11(10-14-12)19(16,17)15-6-8-18-9-7-15/h2-4,10H,1,5-9H2,(H,13,14)/p+1. The van der Waals surface area contributed by atoms with Crippen LogP contribution < -0.4 is 10.3 Å². The molecule has 2 N–H and O–H groups in total. The molecule has 0 aromatic carbocycles. The predicted molar refractivity (Wildman–Crippen MR) is 71.3 cm³/mol. The SMILES string of the molecule is C=CCNc1ccc(S(=O)(=O)N2CCOCC2)c[nH+]1. The summed E-state index contributed by atoms with van der Waals surface area (Å²) < 4.78 is 31.3. The normalized spacial score (nSPS) is 17.1. The van der Waals surface area contributed by atoms with Gasteiger partial charge in [-0.1, -0.05) is 12.7 Å². The molecule has 7 heteroatoms. The topological polar surface area (TPSA) is 72.8 Å². The number of sulfonamides is 1. The van der Waals surface area contributed by atoms with Crippen LogP contribution in [0.1, 0.15) is 0 Å². The summed E-state index contributed by atoms with van der Waals surface area (Å²) in [5, 5.41) is 3.05. The summed E-state index contributed by atoms with van der Waals surface area (Å²) in [5.41, 5.74) is 0. The summed E-state index contributed by atoms with van der Waals surface area (Å²) >= 11 is 0. The second-order valence-electron chi connectivity index (χ2n) is 4.12. The molecule has 2 rings (SSSR count). The van der Waals surface area contributed by atoms with Crippen LogP contribution in [0.2, 0.25) is 0 Å². The molecule has 1 fully saturated rings. The summed E-state index contributed by atoms with van der Waals surface area (Å²) in [6, 6.07) is 3.30. The van der Waals surface area contributed by atoms with Crippen molar-refractivity contribution in [3.05, 3.63) is 31.0 Å². The van der Waals surface area contributed by atoms with E-state index in [0.717, 1.165) is 5.82 Å². The van der Waals surface area contributed by atoms with Crippen LogP contribution in [-0.4, -0.2) is 45.6 Å². The Morgan fingerprint density at radius 2 is 2.16 bits per heavy atom. The third kappa shape index (κ3) is 3.31. The summed E-state index contributed by atoms with van der Waals surface area (Å²) in [7, 11) is -3.43. The van der Waals surface area contributed by atoms with E-state index in [0.29, 0.717) is 32.8 Å². The van der Waals surface area contributed by atoms with Gasteiger partial charge in [0.2, 0.25) is 10.0 Å². The Morgan fingerprint density at radius 3 is 2.74 bits per heavy atom. The zero-order chi connectivity index (χ0) is 13.7. The van der Waals surface area contributed by atoms with Gasteiger partial charge in [0.05, 0.1) is 13.2 Å². The minimum absolute atomic E-state index is 0.263. The van der Waals surface area contributed by atoms with Crippen LogP contribution in [-0.2, 0) is 14.8 Å². The molecule has 0 unspecified atom stereocenters. The summed E-state index contributed by atoms with van der Waals surface area (Å²) in [6.45, 7) is 5.92. The smallest absolute Gasteiger partial charge is 0.272 e. The van der Waals surface area contributed by atoms with Gasteiger partial charge < -0.3 is 4.74 Å². The number of morpholine rings is 1. The lowest BCUT2D eigenvalue weighted by Crippen LogP contribution is -2.40. The van der Waals surface area contributed by atoms with Crippen molar-refractivity contribution < 1.29 is 18.1 Å². The van der Waals surface area contributed by atoms with E-state index < -0.39 is 10.0 Å². The number of anilines is 1. The van der Waals surface area contributed by atoms with Crippen molar-refractivity contribution >= 4 is 15.8 Å². The van der Waals surface area contributed by atoms with Crippen LogP contribution in [0, 0.1) is 0 Å². The quantitative estimate of drug-likeness (QED) is 0.780. The van der Waals surface area contributed by atoms with Gasteiger partial charge in [0.1, 0.15) is 17.6 Å². The molecule has 0 amide bonds. The zero-order valence-corrected chi connectivity index (χ0v) is 11.4.